The molecule has 0 aliphatic heterocycles. The van der Waals surface area contributed by atoms with Gasteiger partial charge in [-0.2, -0.15) is 22.7 Å². The minimum absolute atomic E-state index is 0.0355. The summed E-state index contributed by atoms with van der Waals surface area (Å²) < 4.78 is 23.8. The van der Waals surface area contributed by atoms with Gasteiger partial charge in [-0.15, -0.1) is 0 Å². The van der Waals surface area contributed by atoms with Crippen LogP contribution in [0.3, 0.4) is 0 Å². The molecule has 1 amide bonds. The van der Waals surface area contributed by atoms with Gasteiger partial charge in [0.05, 0.1) is 0 Å². The van der Waals surface area contributed by atoms with Crippen LogP contribution in [0.2, 0.25) is 5.15 Å². The number of carbonyl (C=O) groups is 1. The molecule has 0 bridgehead atoms. The van der Waals surface area contributed by atoms with Gasteiger partial charge in [0.15, 0.2) is 22.5 Å². The first kappa shape index (κ1) is 20.9. The van der Waals surface area contributed by atoms with Crippen molar-refractivity contribution in [1.82, 2.24) is 24.4 Å². The highest BCUT2D eigenvalue weighted by atomic mass is 35.5. The van der Waals surface area contributed by atoms with Crippen molar-refractivity contribution in [2.24, 2.45) is 5.10 Å². The lowest BCUT2D eigenvalue weighted by Crippen LogP contribution is -2.33. The van der Waals surface area contributed by atoms with E-state index in [0.29, 0.717) is 18.9 Å². The van der Waals surface area contributed by atoms with Crippen LogP contribution in [0.15, 0.2) is 5.10 Å². The van der Waals surface area contributed by atoms with Crippen LogP contribution in [-0.2, 0) is 10.2 Å². The number of hydrogen-bond acceptors (Lipinski definition) is 8. The number of carbonyl (C=O) groups excluding carboxylic acids is 1. The molecule has 0 spiro atoms. The van der Waals surface area contributed by atoms with E-state index in [1.165, 1.54) is 14.1 Å². The Labute approximate surface area is 151 Å². The number of nitrogen functional groups attached to an aromatic ring is 1. The first-order chi connectivity index (χ1) is 11.6. The zero-order valence-electron chi connectivity index (χ0n) is 14.3. The Hall–Kier alpha value is -2.18. The van der Waals surface area contributed by atoms with Gasteiger partial charge in [0.25, 0.3) is 5.91 Å². The minimum atomic E-state index is -3.74. The van der Waals surface area contributed by atoms with E-state index in [-0.39, 0.29) is 16.7 Å². The first-order valence-electron chi connectivity index (χ1n) is 7.23. The van der Waals surface area contributed by atoms with Gasteiger partial charge in [0.1, 0.15) is 6.34 Å². The van der Waals surface area contributed by atoms with Gasteiger partial charge < -0.3 is 16.0 Å². The van der Waals surface area contributed by atoms with Crippen LogP contribution in [0.5, 0.6) is 0 Å². The maximum absolute atomic E-state index is 12.1. The van der Waals surface area contributed by atoms with E-state index in [1.807, 2.05) is 23.6 Å². The summed E-state index contributed by atoms with van der Waals surface area (Å²) >= 11 is 6.07. The van der Waals surface area contributed by atoms with E-state index in [1.54, 1.807) is 0 Å². The molecule has 0 unspecified atom stereocenters. The number of rotatable bonds is 8. The summed E-state index contributed by atoms with van der Waals surface area (Å²) in [6.07, 6.45) is 0.858. The first-order valence-corrected chi connectivity index (χ1v) is 9.05. The van der Waals surface area contributed by atoms with Crippen LogP contribution < -0.4 is 20.8 Å². The largest absolute Gasteiger partial charge is 0.382 e. The Kier molecular flexibility index (Phi) is 7.33. The van der Waals surface area contributed by atoms with Crippen molar-refractivity contribution in [2.75, 3.05) is 37.8 Å². The van der Waals surface area contributed by atoms with Gasteiger partial charge in [-0.3, -0.25) is 4.79 Å². The fraction of sp³-hybridized carbons (Fsp3) is 0.500. The Morgan fingerprint density at radius 1 is 1.32 bits per heavy atom. The van der Waals surface area contributed by atoms with Crippen molar-refractivity contribution in [3.63, 3.8) is 0 Å². The fourth-order valence-corrected chi connectivity index (χ4v) is 2.24. The molecule has 0 saturated heterocycles. The summed E-state index contributed by atoms with van der Waals surface area (Å²) in [6.45, 7) is 5.14. The normalized spacial score (nSPS) is 11.8. The van der Waals surface area contributed by atoms with Gasteiger partial charge in [0.2, 0.25) is 0 Å². The predicted molar refractivity (Wildman–Crippen MR) is 96.7 cm³/mol. The summed E-state index contributed by atoms with van der Waals surface area (Å²) in [7, 11) is -1.09. The minimum Gasteiger partial charge on any atom is -0.382 e. The third kappa shape index (κ3) is 5.41. The van der Waals surface area contributed by atoms with E-state index < -0.39 is 16.1 Å². The molecular formula is C12H21ClN8O3S. The second-order valence-electron chi connectivity index (χ2n) is 4.85. The van der Waals surface area contributed by atoms with Gasteiger partial charge in [-0.25, -0.2) is 9.97 Å². The molecule has 0 radical (unpaired) electrons. The number of halogens is 1. The molecule has 0 aromatic carbocycles. The summed E-state index contributed by atoms with van der Waals surface area (Å²) in [5.74, 6) is -0.454. The molecule has 1 heterocycles. The van der Waals surface area contributed by atoms with E-state index in [2.05, 4.69) is 20.4 Å². The average Bonchev–Trinajstić information content (AvgIpc) is 2.55. The fourth-order valence-electron chi connectivity index (χ4n) is 1.64. The quantitative estimate of drug-likeness (QED) is 0.310. The molecule has 0 fully saturated rings. The molecular weight excluding hydrogens is 372 g/mol. The number of nitrogens with zero attached hydrogens (tertiary/aromatic N) is 5. The number of nitrogens with two attached hydrogens (primary N) is 1. The zero-order valence-corrected chi connectivity index (χ0v) is 15.9. The summed E-state index contributed by atoms with van der Waals surface area (Å²) in [6, 6.07) is 0. The Balaban J connectivity index is 2.88. The molecule has 1 aromatic rings. The Morgan fingerprint density at radius 2 is 1.92 bits per heavy atom. The third-order valence-corrected chi connectivity index (χ3v) is 4.60. The molecule has 13 heteroatoms. The average molecular weight is 393 g/mol. The molecule has 0 aliphatic carbocycles. The zero-order chi connectivity index (χ0) is 19.2. The molecule has 0 atom stereocenters. The maximum Gasteiger partial charge on any atom is 0.316 e. The lowest BCUT2D eigenvalue weighted by Gasteiger charge is -2.21. The van der Waals surface area contributed by atoms with Crippen molar-refractivity contribution in [1.29, 1.82) is 0 Å². The number of nitrogens with one attached hydrogen (secondary N) is 2. The van der Waals surface area contributed by atoms with Crippen LogP contribution in [0.1, 0.15) is 24.3 Å². The van der Waals surface area contributed by atoms with E-state index >= 15 is 0 Å². The van der Waals surface area contributed by atoms with Gasteiger partial charge in [-0.05, 0) is 13.8 Å². The molecule has 0 saturated carbocycles. The molecule has 1 aromatic heterocycles. The summed E-state index contributed by atoms with van der Waals surface area (Å²) in [4.78, 5) is 23.8. The van der Waals surface area contributed by atoms with Gasteiger partial charge in [-0.1, -0.05) is 11.6 Å². The SMILES string of the molecule is CCN(CC)c1nc(N)c(C(=O)N/C=N/NS(=O)(=O)N(C)C)nc1Cl. The highest BCUT2D eigenvalue weighted by Crippen LogP contribution is 2.23. The molecule has 4 N–H and O–H groups in total. The van der Waals surface area contributed by atoms with Crippen LogP contribution in [-0.4, -0.2) is 62.1 Å². The topological polar surface area (TPSA) is 146 Å². The number of hydrogen-bond donors (Lipinski definition) is 3. The van der Waals surface area contributed by atoms with Crippen LogP contribution >= 0.6 is 11.6 Å². The van der Waals surface area contributed by atoms with E-state index in [9.17, 15) is 13.2 Å². The summed E-state index contributed by atoms with van der Waals surface area (Å²) in [5.41, 5.74) is 5.58. The molecule has 11 nitrogen and oxygen atoms in total. The molecule has 1 rings (SSSR count). The lowest BCUT2D eigenvalue weighted by atomic mass is 10.3. The highest BCUT2D eigenvalue weighted by molar-refractivity contribution is 7.87. The maximum atomic E-state index is 12.1. The standard InChI is InChI=1S/C12H21ClN8O3S/c1-5-21(6-2)11-9(13)17-8(10(14)18-11)12(22)15-7-16-19-25(23,24)20(3)4/h7,19H,5-6H2,1-4H3,(H2,14,18)(H,15,16,22). The van der Waals surface area contributed by atoms with Crippen LogP contribution in [0.4, 0.5) is 11.6 Å². The van der Waals surface area contributed by atoms with Crippen LogP contribution in [0.25, 0.3) is 0 Å². The third-order valence-electron chi connectivity index (χ3n) is 3.05. The van der Waals surface area contributed by atoms with Crippen molar-refractivity contribution in [3.8, 4) is 0 Å². The van der Waals surface area contributed by atoms with Crippen LogP contribution in [0, 0.1) is 0 Å². The Morgan fingerprint density at radius 3 is 2.44 bits per heavy atom. The van der Waals surface area contributed by atoms with Gasteiger partial charge in [0, 0.05) is 27.2 Å². The number of anilines is 2. The second kappa shape index (κ2) is 8.78. The summed E-state index contributed by atoms with van der Waals surface area (Å²) in [5, 5.41) is 5.65. The second-order valence-corrected chi connectivity index (χ2v) is 7.08. The number of hydrazone groups is 1. The Bertz CT molecular complexity index is 749. The number of aromatic nitrogens is 2. The lowest BCUT2D eigenvalue weighted by molar-refractivity contribution is 0.0974. The van der Waals surface area contributed by atoms with Gasteiger partial charge >= 0.3 is 10.2 Å². The molecule has 0 aliphatic rings. The molecule has 25 heavy (non-hydrogen) atoms. The van der Waals surface area contributed by atoms with E-state index in [0.717, 1.165) is 10.6 Å². The smallest absolute Gasteiger partial charge is 0.316 e. The monoisotopic (exact) mass is 392 g/mol. The van der Waals surface area contributed by atoms with Crippen molar-refractivity contribution in [2.45, 2.75) is 13.8 Å². The van der Waals surface area contributed by atoms with Crippen molar-refractivity contribution >= 4 is 45.7 Å². The number of amides is 1. The van der Waals surface area contributed by atoms with Crippen molar-refractivity contribution < 1.29 is 13.2 Å². The van der Waals surface area contributed by atoms with Crippen molar-refractivity contribution in [3.05, 3.63) is 10.8 Å². The highest BCUT2D eigenvalue weighted by Gasteiger charge is 2.19. The van der Waals surface area contributed by atoms with E-state index in [4.69, 9.17) is 17.3 Å². The molecule has 140 valence electrons. The predicted octanol–water partition coefficient (Wildman–Crippen LogP) is -0.372.